The lowest BCUT2D eigenvalue weighted by Crippen LogP contribution is -2.40. The Morgan fingerprint density at radius 1 is 1.07 bits per heavy atom. The summed E-state index contributed by atoms with van der Waals surface area (Å²) in [5, 5.41) is 4.78. The number of aryl methyl sites for hydroxylation is 1. The van der Waals surface area contributed by atoms with Crippen molar-refractivity contribution in [3.05, 3.63) is 65.2 Å². The van der Waals surface area contributed by atoms with Gasteiger partial charge in [0.05, 0.1) is 5.56 Å². The summed E-state index contributed by atoms with van der Waals surface area (Å²) in [5.74, 6) is -2.02. The molecule has 2 rings (SSSR count). The monoisotopic (exact) mass is 408 g/mol. The number of carbonyl (C=O) groups is 3. The van der Waals surface area contributed by atoms with Crippen LogP contribution in [0.3, 0.4) is 0 Å². The Balaban J connectivity index is 1.81. The number of amides is 2. The van der Waals surface area contributed by atoms with Crippen molar-refractivity contribution < 1.29 is 32.3 Å². The highest BCUT2D eigenvalue weighted by molar-refractivity contribution is 5.97. The average Bonchev–Trinajstić information content (AvgIpc) is 2.65. The molecule has 2 aromatic carbocycles. The molecular weight excluding hydrogens is 389 g/mol. The number of halogens is 3. The SMILES string of the molecule is Cc1cccc(C(=O)N[C@@H](C)C(=O)OCC(=O)Nc2ccc(C(F)(F)F)cc2)c1. The van der Waals surface area contributed by atoms with E-state index in [0.29, 0.717) is 5.56 Å². The minimum Gasteiger partial charge on any atom is -0.454 e. The third-order valence-corrected chi connectivity index (χ3v) is 3.82. The maximum Gasteiger partial charge on any atom is 0.416 e. The summed E-state index contributed by atoms with van der Waals surface area (Å²) in [6.45, 7) is 2.58. The van der Waals surface area contributed by atoms with Crippen molar-refractivity contribution in [2.45, 2.75) is 26.1 Å². The van der Waals surface area contributed by atoms with Crippen LogP contribution >= 0.6 is 0 Å². The third-order valence-electron chi connectivity index (χ3n) is 3.82. The van der Waals surface area contributed by atoms with Crippen molar-refractivity contribution in [1.82, 2.24) is 5.32 Å². The first kappa shape index (κ1) is 21.9. The lowest BCUT2D eigenvalue weighted by atomic mass is 10.1. The van der Waals surface area contributed by atoms with Gasteiger partial charge in [0, 0.05) is 11.3 Å². The molecule has 2 amide bonds. The van der Waals surface area contributed by atoms with Crippen molar-refractivity contribution in [3.8, 4) is 0 Å². The lowest BCUT2D eigenvalue weighted by molar-refractivity contribution is -0.148. The van der Waals surface area contributed by atoms with Crippen LogP contribution in [0.4, 0.5) is 18.9 Å². The fourth-order valence-electron chi connectivity index (χ4n) is 2.33. The quantitative estimate of drug-likeness (QED) is 0.719. The number of rotatable bonds is 6. The van der Waals surface area contributed by atoms with Crippen LogP contribution < -0.4 is 10.6 Å². The third kappa shape index (κ3) is 6.63. The zero-order valence-electron chi connectivity index (χ0n) is 15.7. The van der Waals surface area contributed by atoms with Crippen LogP contribution in [0.1, 0.15) is 28.4 Å². The van der Waals surface area contributed by atoms with Gasteiger partial charge in [0.2, 0.25) is 0 Å². The highest BCUT2D eigenvalue weighted by Gasteiger charge is 2.30. The van der Waals surface area contributed by atoms with Gasteiger partial charge in [0.1, 0.15) is 6.04 Å². The van der Waals surface area contributed by atoms with Gasteiger partial charge in [-0.3, -0.25) is 9.59 Å². The van der Waals surface area contributed by atoms with Gasteiger partial charge in [-0.05, 0) is 50.2 Å². The van der Waals surface area contributed by atoms with Crippen molar-refractivity contribution >= 4 is 23.5 Å². The first-order valence-corrected chi connectivity index (χ1v) is 8.57. The Hall–Kier alpha value is -3.36. The molecule has 0 saturated carbocycles. The molecule has 1 atom stereocenters. The second kappa shape index (κ2) is 9.22. The van der Waals surface area contributed by atoms with Gasteiger partial charge in [0.15, 0.2) is 6.61 Å². The van der Waals surface area contributed by atoms with E-state index in [2.05, 4.69) is 10.6 Å². The van der Waals surface area contributed by atoms with Crippen LogP contribution in [-0.4, -0.2) is 30.4 Å². The van der Waals surface area contributed by atoms with E-state index in [9.17, 15) is 27.6 Å². The van der Waals surface area contributed by atoms with Gasteiger partial charge in [-0.1, -0.05) is 17.7 Å². The average molecular weight is 408 g/mol. The van der Waals surface area contributed by atoms with Crippen molar-refractivity contribution in [2.75, 3.05) is 11.9 Å². The molecule has 0 aliphatic carbocycles. The molecule has 0 aliphatic rings. The number of esters is 1. The summed E-state index contributed by atoms with van der Waals surface area (Å²) in [7, 11) is 0. The first-order valence-electron chi connectivity index (χ1n) is 8.57. The summed E-state index contributed by atoms with van der Waals surface area (Å²) in [6, 6.07) is 9.61. The van der Waals surface area contributed by atoms with E-state index < -0.39 is 42.2 Å². The number of nitrogens with one attached hydrogen (secondary N) is 2. The molecule has 0 spiro atoms. The fraction of sp³-hybridized carbons (Fsp3) is 0.250. The zero-order chi connectivity index (χ0) is 21.6. The van der Waals surface area contributed by atoms with Gasteiger partial charge in [-0.25, -0.2) is 4.79 Å². The van der Waals surface area contributed by atoms with Gasteiger partial charge in [0.25, 0.3) is 11.8 Å². The standard InChI is InChI=1S/C20H19F3N2O4/c1-12-4-3-5-14(10-12)18(27)24-13(2)19(28)29-11-17(26)25-16-8-6-15(7-9-16)20(21,22)23/h3-10,13H,11H2,1-2H3,(H,24,27)(H,25,26)/t13-/m0/s1. The smallest absolute Gasteiger partial charge is 0.416 e. The van der Waals surface area contributed by atoms with E-state index in [0.717, 1.165) is 29.8 Å². The van der Waals surface area contributed by atoms with Gasteiger partial charge < -0.3 is 15.4 Å². The topological polar surface area (TPSA) is 84.5 Å². The van der Waals surface area contributed by atoms with E-state index in [-0.39, 0.29) is 5.69 Å². The highest BCUT2D eigenvalue weighted by atomic mass is 19.4. The molecule has 0 fully saturated rings. The molecule has 2 N–H and O–H groups in total. The van der Waals surface area contributed by atoms with Crippen molar-refractivity contribution in [3.63, 3.8) is 0 Å². The van der Waals surface area contributed by atoms with Crippen LogP contribution in [0, 0.1) is 6.92 Å². The number of anilines is 1. The fourth-order valence-corrected chi connectivity index (χ4v) is 2.33. The van der Waals surface area contributed by atoms with Gasteiger partial charge in [-0.2, -0.15) is 13.2 Å². The maximum absolute atomic E-state index is 12.5. The Kier molecular flexibility index (Phi) is 6.98. The van der Waals surface area contributed by atoms with E-state index in [1.54, 1.807) is 18.2 Å². The van der Waals surface area contributed by atoms with Gasteiger partial charge >= 0.3 is 12.1 Å². The molecule has 0 heterocycles. The number of hydrogen-bond acceptors (Lipinski definition) is 4. The molecule has 0 bridgehead atoms. The summed E-state index contributed by atoms with van der Waals surface area (Å²) < 4.78 is 42.4. The number of carbonyl (C=O) groups excluding carboxylic acids is 3. The maximum atomic E-state index is 12.5. The van der Waals surface area contributed by atoms with Gasteiger partial charge in [-0.15, -0.1) is 0 Å². The zero-order valence-corrected chi connectivity index (χ0v) is 15.7. The minimum atomic E-state index is -4.48. The van der Waals surface area contributed by atoms with E-state index in [1.807, 2.05) is 13.0 Å². The van der Waals surface area contributed by atoms with E-state index in [4.69, 9.17) is 4.74 Å². The summed E-state index contributed by atoms with van der Waals surface area (Å²) in [4.78, 5) is 35.9. The molecule has 154 valence electrons. The molecule has 0 saturated heterocycles. The Morgan fingerprint density at radius 3 is 2.31 bits per heavy atom. The number of ether oxygens (including phenoxy) is 1. The molecule has 0 unspecified atom stereocenters. The summed E-state index contributed by atoms with van der Waals surface area (Å²) in [6.07, 6.45) is -4.48. The molecule has 6 nitrogen and oxygen atoms in total. The van der Waals surface area contributed by atoms with E-state index >= 15 is 0 Å². The van der Waals surface area contributed by atoms with Crippen LogP contribution in [-0.2, 0) is 20.5 Å². The molecular formula is C20H19F3N2O4. The van der Waals surface area contributed by atoms with Crippen LogP contribution in [0.15, 0.2) is 48.5 Å². The normalized spacial score (nSPS) is 12.0. The minimum absolute atomic E-state index is 0.125. The first-order chi connectivity index (χ1) is 13.6. The number of hydrogen-bond donors (Lipinski definition) is 2. The van der Waals surface area contributed by atoms with Crippen LogP contribution in [0.25, 0.3) is 0 Å². The van der Waals surface area contributed by atoms with Crippen molar-refractivity contribution in [1.29, 1.82) is 0 Å². The predicted octanol–water partition coefficient (Wildman–Crippen LogP) is 3.31. The molecule has 0 aromatic heterocycles. The Labute approximate surface area is 165 Å². The van der Waals surface area contributed by atoms with Crippen LogP contribution in [0.2, 0.25) is 0 Å². The number of benzene rings is 2. The second-order valence-corrected chi connectivity index (χ2v) is 6.30. The molecule has 0 radical (unpaired) electrons. The summed E-state index contributed by atoms with van der Waals surface area (Å²) >= 11 is 0. The predicted molar refractivity (Wildman–Crippen MR) is 99.1 cm³/mol. The second-order valence-electron chi connectivity index (χ2n) is 6.30. The molecule has 2 aromatic rings. The number of alkyl halides is 3. The lowest BCUT2D eigenvalue weighted by Gasteiger charge is -2.14. The summed E-state index contributed by atoms with van der Waals surface area (Å²) in [5.41, 5.74) is 0.539. The Bertz CT molecular complexity index is 895. The molecule has 29 heavy (non-hydrogen) atoms. The molecule has 0 aliphatic heterocycles. The highest BCUT2D eigenvalue weighted by Crippen LogP contribution is 2.29. The largest absolute Gasteiger partial charge is 0.454 e. The van der Waals surface area contributed by atoms with Crippen molar-refractivity contribution in [2.24, 2.45) is 0 Å². The van der Waals surface area contributed by atoms with Crippen LogP contribution in [0.5, 0.6) is 0 Å². The molecule has 9 heteroatoms. The van der Waals surface area contributed by atoms with E-state index in [1.165, 1.54) is 6.92 Å². The Morgan fingerprint density at radius 2 is 1.72 bits per heavy atom.